The van der Waals surface area contributed by atoms with Crippen molar-refractivity contribution >= 4 is 11.9 Å². The number of amides is 1. The summed E-state index contributed by atoms with van der Waals surface area (Å²) in [5.41, 5.74) is 0. The van der Waals surface area contributed by atoms with E-state index >= 15 is 0 Å². The van der Waals surface area contributed by atoms with Crippen LogP contribution in [0.1, 0.15) is 25.7 Å². The van der Waals surface area contributed by atoms with Gasteiger partial charge in [-0.1, -0.05) is 0 Å². The van der Waals surface area contributed by atoms with E-state index in [1.807, 2.05) is 4.90 Å². The molecule has 2 rings (SSSR count). The number of piperidine rings is 1. The van der Waals surface area contributed by atoms with Crippen molar-refractivity contribution in [2.24, 2.45) is 5.92 Å². The van der Waals surface area contributed by atoms with Gasteiger partial charge in [0.1, 0.15) is 0 Å². The summed E-state index contributed by atoms with van der Waals surface area (Å²) in [5, 5.41) is 12.0. The van der Waals surface area contributed by atoms with Gasteiger partial charge in [0, 0.05) is 39.1 Å². The van der Waals surface area contributed by atoms with Gasteiger partial charge in [-0.2, -0.15) is 0 Å². The van der Waals surface area contributed by atoms with Gasteiger partial charge in [0.05, 0.1) is 6.42 Å². The third-order valence-electron chi connectivity index (χ3n) is 4.29. The molecule has 0 aromatic carbocycles. The maximum Gasteiger partial charge on any atom is 0.304 e. The maximum absolute atomic E-state index is 12.2. The lowest BCUT2D eigenvalue weighted by molar-refractivity contribution is -0.138. The first-order valence-corrected chi connectivity index (χ1v) is 7.58. The van der Waals surface area contributed by atoms with Gasteiger partial charge in [0.2, 0.25) is 5.91 Å². The maximum atomic E-state index is 12.2. The van der Waals surface area contributed by atoms with Crippen LogP contribution in [0.25, 0.3) is 0 Å². The topological polar surface area (TPSA) is 72.9 Å². The van der Waals surface area contributed by atoms with E-state index in [0.29, 0.717) is 18.9 Å². The fourth-order valence-electron chi connectivity index (χ4n) is 2.94. The standard InChI is InChI=1S/C14H25N3O3/c18-13(11-12-1-4-15-5-2-12)17-9-7-16(8-10-17)6-3-14(19)20/h12,15H,1-11H2,(H,19,20). The number of carbonyl (C=O) groups is 2. The van der Waals surface area contributed by atoms with Crippen LogP contribution in [0.15, 0.2) is 0 Å². The zero-order chi connectivity index (χ0) is 14.4. The van der Waals surface area contributed by atoms with Crippen molar-refractivity contribution in [3.05, 3.63) is 0 Å². The molecule has 0 aromatic heterocycles. The van der Waals surface area contributed by atoms with Gasteiger partial charge in [-0.25, -0.2) is 0 Å². The van der Waals surface area contributed by atoms with Gasteiger partial charge in [-0.05, 0) is 31.8 Å². The molecule has 6 nitrogen and oxygen atoms in total. The molecule has 2 fully saturated rings. The highest BCUT2D eigenvalue weighted by molar-refractivity contribution is 5.76. The molecule has 2 aliphatic rings. The zero-order valence-electron chi connectivity index (χ0n) is 12.0. The quantitative estimate of drug-likeness (QED) is 0.743. The molecule has 0 aromatic rings. The van der Waals surface area contributed by atoms with Crippen LogP contribution in [0.5, 0.6) is 0 Å². The fourth-order valence-corrected chi connectivity index (χ4v) is 2.94. The third-order valence-corrected chi connectivity index (χ3v) is 4.29. The molecule has 2 heterocycles. The van der Waals surface area contributed by atoms with E-state index in [1.165, 1.54) is 0 Å². The molecule has 0 atom stereocenters. The number of carboxylic acids is 1. The van der Waals surface area contributed by atoms with Gasteiger partial charge in [0.25, 0.3) is 0 Å². The lowest BCUT2D eigenvalue weighted by Crippen LogP contribution is -2.49. The number of carboxylic acid groups (broad SMARTS) is 1. The van der Waals surface area contributed by atoms with E-state index < -0.39 is 5.97 Å². The van der Waals surface area contributed by atoms with Crippen molar-refractivity contribution in [2.45, 2.75) is 25.7 Å². The van der Waals surface area contributed by atoms with Crippen molar-refractivity contribution in [1.29, 1.82) is 0 Å². The highest BCUT2D eigenvalue weighted by Gasteiger charge is 2.24. The summed E-state index contributed by atoms with van der Waals surface area (Å²) in [6.45, 7) is 5.72. The lowest BCUT2D eigenvalue weighted by atomic mass is 9.94. The molecular weight excluding hydrogens is 258 g/mol. The summed E-state index contributed by atoms with van der Waals surface area (Å²) in [6.07, 6.45) is 3.06. The number of aliphatic carboxylic acids is 1. The highest BCUT2D eigenvalue weighted by atomic mass is 16.4. The van der Waals surface area contributed by atoms with Crippen molar-refractivity contribution in [2.75, 3.05) is 45.8 Å². The SMILES string of the molecule is O=C(O)CCN1CCN(C(=O)CC2CCNCC2)CC1. The van der Waals surface area contributed by atoms with Crippen LogP contribution in [0.2, 0.25) is 0 Å². The van der Waals surface area contributed by atoms with Crippen LogP contribution in [0, 0.1) is 5.92 Å². The Morgan fingerprint density at radius 1 is 1.10 bits per heavy atom. The molecule has 114 valence electrons. The Hall–Kier alpha value is -1.14. The average Bonchev–Trinajstić information content (AvgIpc) is 2.46. The van der Waals surface area contributed by atoms with Crippen molar-refractivity contribution < 1.29 is 14.7 Å². The number of hydrogen-bond donors (Lipinski definition) is 2. The molecule has 2 saturated heterocycles. The second-order valence-electron chi connectivity index (χ2n) is 5.76. The Labute approximate surface area is 120 Å². The number of piperazine rings is 1. The van der Waals surface area contributed by atoms with E-state index in [4.69, 9.17) is 5.11 Å². The first kappa shape index (κ1) is 15.3. The Balaban J connectivity index is 1.67. The van der Waals surface area contributed by atoms with Gasteiger partial charge < -0.3 is 15.3 Å². The Kier molecular flexibility index (Phi) is 5.79. The van der Waals surface area contributed by atoms with E-state index in [0.717, 1.165) is 52.1 Å². The largest absolute Gasteiger partial charge is 0.481 e. The first-order valence-electron chi connectivity index (χ1n) is 7.58. The molecule has 2 aliphatic heterocycles. The van der Waals surface area contributed by atoms with Crippen molar-refractivity contribution in [1.82, 2.24) is 15.1 Å². The number of nitrogens with one attached hydrogen (secondary N) is 1. The summed E-state index contributed by atoms with van der Waals surface area (Å²) >= 11 is 0. The van der Waals surface area contributed by atoms with Crippen LogP contribution < -0.4 is 5.32 Å². The smallest absolute Gasteiger partial charge is 0.304 e. The van der Waals surface area contributed by atoms with Gasteiger partial charge in [0.15, 0.2) is 0 Å². The van der Waals surface area contributed by atoms with Crippen LogP contribution in [-0.4, -0.2) is 72.6 Å². The summed E-state index contributed by atoms with van der Waals surface area (Å²) in [4.78, 5) is 26.8. The van der Waals surface area contributed by atoms with E-state index in [-0.39, 0.29) is 12.3 Å². The van der Waals surface area contributed by atoms with E-state index in [1.54, 1.807) is 0 Å². The molecular formula is C14H25N3O3. The molecule has 0 saturated carbocycles. The van der Waals surface area contributed by atoms with Crippen LogP contribution >= 0.6 is 0 Å². The van der Waals surface area contributed by atoms with Crippen LogP contribution in [-0.2, 0) is 9.59 Å². The molecule has 20 heavy (non-hydrogen) atoms. The summed E-state index contributed by atoms with van der Waals surface area (Å²) < 4.78 is 0. The molecule has 1 amide bonds. The number of carbonyl (C=O) groups excluding carboxylic acids is 1. The van der Waals surface area contributed by atoms with E-state index in [9.17, 15) is 9.59 Å². The average molecular weight is 283 g/mol. The molecule has 0 radical (unpaired) electrons. The molecule has 0 spiro atoms. The van der Waals surface area contributed by atoms with Gasteiger partial charge in [-0.15, -0.1) is 0 Å². The lowest BCUT2D eigenvalue weighted by Gasteiger charge is -2.35. The zero-order valence-corrected chi connectivity index (χ0v) is 12.0. The third kappa shape index (κ3) is 4.76. The molecule has 0 bridgehead atoms. The van der Waals surface area contributed by atoms with Gasteiger partial charge >= 0.3 is 5.97 Å². The minimum Gasteiger partial charge on any atom is -0.481 e. The first-order chi connectivity index (χ1) is 9.65. The monoisotopic (exact) mass is 283 g/mol. The summed E-state index contributed by atoms with van der Waals surface area (Å²) in [7, 11) is 0. The van der Waals surface area contributed by atoms with Gasteiger partial charge in [-0.3, -0.25) is 14.5 Å². The minimum absolute atomic E-state index is 0.184. The predicted molar refractivity (Wildman–Crippen MR) is 75.5 cm³/mol. The second-order valence-corrected chi connectivity index (χ2v) is 5.76. The summed E-state index contributed by atoms with van der Waals surface area (Å²) in [6, 6.07) is 0. The molecule has 0 aliphatic carbocycles. The van der Waals surface area contributed by atoms with Crippen molar-refractivity contribution in [3.8, 4) is 0 Å². The predicted octanol–water partition coefficient (Wildman–Crippen LogP) is -0.00500. The molecule has 6 heteroatoms. The minimum atomic E-state index is -0.755. The van der Waals surface area contributed by atoms with Crippen molar-refractivity contribution in [3.63, 3.8) is 0 Å². The highest BCUT2D eigenvalue weighted by Crippen LogP contribution is 2.17. The Morgan fingerprint density at radius 2 is 1.75 bits per heavy atom. The normalized spacial score (nSPS) is 21.9. The second kappa shape index (κ2) is 7.59. The van der Waals surface area contributed by atoms with Crippen LogP contribution in [0.4, 0.5) is 0 Å². The molecule has 2 N–H and O–H groups in total. The Morgan fingerprint density at radius 3 is 2.35 bits per heavy atom. The number of rotatable bonds is 5. The summed E-state index contributed by atoms with van der Waals surface area (Å²) in [5.74, 6) is 0.0537. The molecule has 0 unspecified atom stereocenters. The fraction of sp³-hybridized carbons (Fsp3) is 0.857. The van der Waals surface area contributed by atoms with Crippen LogP contribution in [0.3, 0.4) is 0 Å². The Bertz CT molecular complexity index is 335. The van der Waals surface area contributed by atoms with E-state index in [2.05, 4.69) is 10.2 Å². The number of nitrogens with zero attached hydrogens (tertiary/aromatic N) is 2. The number of hydrogen-bond acceptors (Lipinski definition) is 4.